The van der Waals surface area contributed by atoms with Crippen molar-refractivity contribution >= 4 is 15.9 Å². The van der Waals surface area contributed by atoms with Crippen molar-refractivity contribution in [3.63, 3.8) is 0 Å². The van der Waals surface area contributed by atoms with Gasteiger partial charge in [0.1, 0.15) is 0 Å². The first kappa shape index (κ1) is 19.1. The molecule has 0 atom stereocenters. The Bertz CT molecular complexity index is 712. The van der Waals surface area contributed by atoms with E-state index in [1.165, 1.54) is 5.56 Å². The lowest BCUT2D eigenvalue weighted by molar-refractivity contribution is 0.245. The Balaban J connectivity index is 1.61. The van der Waals surface area contributed by atoms with Gasteiger partial charge in [0.15, 0.2) is 11.5 Å². The van der Waals surface area contributed by atoms with Crippen molar-refractivity contribution in [2.45, 2.75) is 19.5 Å². The molecule has 3 rings (SSSR count). The molecule has 0 amide bonds. The molecule has 0 unspecified atom stereocenters. The minimum Gasteiger partial charge on any atom is -0.493 e. The predicted octanol–water partition coefficient (Wildman–Crippen LogP) is 3.57. The first-order valence-corrected chi connectivity index (χ1v) is 9.74. The summed E-state index contributed by atoms with van der Waals surface area (Å²) in [5, 5.41) is 0. The Morgan fingerprint density at radius 3 is 2.31 bits per heavy atom. The van der Waals surface area contributed by atoms with Gasteiger partial charge in [0.25, 0.3) is 0 Å². The number of pyridine rings is 1. The number of halogens is 1. The summed E-state index contributed by atoms with van der Waals surface area (Å²) in [5.74, 6) is 1.53. The van der Waals surface area contributed by atoms with Gasteiger partial charge in [0.05, 0.1) is 19.9 Å². The maximum atomic E-state index is 5.45. The molecule has 5 nitrogen and oxygen atoms in total. The van der Waals surface area contributed by atoms with Crippen LogP contribution in [-0.2, 0) is 13.1 Å². The van der Waals surface area contributed by atoms with Gasteiger partial charge < -0.3 is 9.47 Å². The van der Waals surface area contributed by atoms with Crippen LogP contribution < -0.4 is 9.47 Å². The molecule has 0 spiro atoms. The van der Waals surface area contributed by atoms with Crippen molar-refractivity contribution < 1.29 is 9.47 Å². The van der Waals surface area contributed by atoms with Gasteiger partial charge in [-0.3, -0.25) is 14.8 Å². The summed E-state index contributed by atoms with van der Waals surface area (Å²) in [6.45, 7) is 6.14. The van der Waals surface area contributed by atoms with Gasteiger partial charge in [-0.15, -0.1) is 0 Å². The molecule has 0 N–H and O–H groups in total. The van der Waals surface area contributed by atoms with E-state index in [1.54, 1.807) is 14.2 Å². The van der Waals surface area contributed by atoms with Crippen molar-refractivity contribution in [1.82, 2.24) is 14.8 Å². The van der Waals surface area contributed by atoms with Gasteiger partial charge in [-0.2, -0.15) is 0 Å². The fourth-order valence-corrected chi connectivity index (χ4v) is 3.77. The van der Waals surface area contributed by atoms with Crippen molar-refractivity contribution in [3.8, 4) is 11.5 Å². The van der Waals surface area contributed by atoms with Crippen LogP contribution in [0.15, 0.2) is 41.0 Å². The van der Waals surface area contributed by atoms with Crippen LogP contribution in [0.2, 0.25) is 0 Å². The zero-order valence-electron chi connectivity index (χ0n) is 15.4. The number of rotatable bonds is 6. The van der Waals surface area contributed by atoms with Crippen LogP contribution in [-0.4, -0.2) is 55.2 Å². The average Bonchev–Trinajstić information content (AvgIpc) is 2.89. The minimum absolute atomic E-state index is 0.750. The van der Waals surface area contributed by atoms with E-state index in [0.717, 1.165) is 67.4 Å². The Hall–Kier alpha value is -1.63. The van der Waals surface area contributed by atoms with Crippen LogP contribution in [0, 0.1) is 0 Å². The molecular formula is C20H26BrN3O2. The molecule has 0 bridgehead atoms. The van der Waals surface area contributed by atoms with Gasteiger partial charge in [0, 0.05) is 36.8 Å². The summed E-state index contributed by atoms with van der Waals surface area (Å²) in [6.07, 6.45) is 3.03. The van der Waals surface area contributed by atoms with Crippen LogP contribution in [0.25, 0.3) is 0 Å². The zero-order valence-corrected chi connectivity index (χ0v) is 17.0. The monoisotopic (exact) mass is 419 g/mol. The van der Waals surface area contributed by atoms with Gasteiger partial charge >= 0.3 is 0 Å². The molecule has 2 heterocycles. The number of hydrogen-bond acceptors (Lipinski definition) is 5. The fourth-order valence-electron chi connectivity index (χ4n) is 3.32. The number of nitrogens with zero attached hydrogens (tertiary/aromatic N) is 3. The summed E-state index contributed by atoms with van der Waals surface area (Å²) in [7, 11) is 3.34. The smallest absolute Gasteiger partial charge is 0.161 e. The van der Waals surface area contributed by atoms with E-state index >= 15 is 0 Å². The predicted molar refractivity (Wildman–Crippen MR) is 107 cm³/mol. The number of methoxy groups -OCH3 is 2. The van der Waals surface area contributed by atoms with E-state index in [2.05, 4.69) is 48.9 Å². The summed E-state index contributed by atoms with van der Waals surface area (Å²) >= 11 is 3.67. The molecule has 0 radical (unpaired) electrons. The lowest BCUT2D eigenvalue weighted by atomic mass is 10.2. The van der Waals surface area contributed by atoms with Gasteiger partial charge in [0.2, 0.25) is 0 Å². The van der Waals surface area contributed by atoms with Crippen molar-refractivity contribution in [2.24, 2.45) is 0 Å². The van der Waals surface area contributed by atoms with Crippen molar-refractivity contribution in [1.29, 1.82) is 0 Å². The highest BCUT2D eigenvalue weighted by atomic mass is 79.9. The molecule has 6 heteroatoms. The van der Waals surface area contributed by atoms with Crippen molar-refractivity contribution in [2.75, 3.05) is 40.4 Å². The first-order valence-electron chi connectivity index (χ1n) is 8.94. The Morgan fingerprint density at radius 1 is 0.962 bits per heavy atom. The molecule has 1 aromatic heterocycles. The summed E-state index contributed by atoms with van der Waals surface area (Å²) in [6, 6.07) is 10.2. The van der Waals surface area contributed by atoms with Crippen molar-refractivity contribution in [3.05, 3.63) is 52.3 Å². The van der Waals surface area contributed by atoms with E-state index < -0.39 is 0 Å². The van der Waals surface area contributed by atoms with Crippen LogP contribution in [0.1, 0.15) is 17.7 Å². The summed E-state index contributed by atoms with van der Waals surface area (Å²) in [4.78, 5) is 9.45. The molecule has 1 aliphatic rings. The quantitative estimate of drug-likeness (QED) is 0.715. The molecule has 1 fully saturated rings. The van der Waals surface area contributed by atoms with Crippen LogP contribution in [0.4, 0.5) is 0 Å². The lowest BCUT2D eigenvalue weighted by Gasteiger charge is -2.22. The summed E-state index contributed by atoms with van der Waals surface area (Å²) < 4.78 is 11.9. The molecule has 2 aromatic rings. The maximum Gasteiger partial charge on any atom is 0.161 e. The Labute approximate surface area is 164 Å². The molecule has 0 saturated carbocycles. The zero-order chi connectivity index (χ0) is 18.4. The van der Waals surface area contributed by atoms with Gasteiger partial charge in [-0.1, -0.05) is 22.0 Å². The third-order valence-electron chi connectivity index (χ3n) is 4.74. The Morgan fingerprint density at radius 2 is 1.65 bits per heavy atom. The molecule has 1 saturated heterocycles. The second-order valence-corrected chi connectivity index (χ2v) is 7.38. The van der Waals surface area contributed by atoms with E-state index in [9.17, 15) is 0 Å². The highest BCUT2D eigenvalue weighted by Gasteiger charge is 2.17. The van der Waals surface area contributed by atoms with E-state index in [1.807, 2.05) is 18.3 Å². The second-order valence-electron chi connectivity index (χ2n) is 6.53. The third kappa shape index (κ3) is 4.96. The van der Waals surface area contributed by atoms with Crippen LogP contribution in [0.5, 0.6) is 11.5 Å². The number of benzene rings is 1. The van der Waals surface area contributed by atoms with Crippen LogP contribution >= 0.6 is 15.9 Å². The molecule has 1 aromatic carbocycles. The highest BCUT2D eigenvalue weighted by Crippen LogP contribution is 2.34. The largest absolute Gasteiger partial charge is 0.493 e. The number of ether oxygens (including phenoxy) is 2. The maximum absolute atomic E-state index is 5.45. The lowest BCUT2D eigenvalue weighted by Crippen LogP contribution is -2.30. The normalized spacial score (nSPS) is 16.3. The standard InChI is InChI=1S/C20H26BrN3O2/c1-25-19-12-16(18(21)13-20(19)26-2)14-23-8-5-9-24(11-10-23)15-17-6-3-4-7-22-17/h3-4,6-7,12-13H,5,8-11,14-15H2,1-2H3. The number of hydrogen-bond donors (Lipinski definition) is 0. The third-order valence-corrected chi connectivity index (χ3v) is 5.48. The molecule has 26 heavy (non-hydrogen) atoms. The molecular weight excluding hydrogens is 394 g/mol. The molecule has 1 aliphatic heterocycles. The second kappa shape index (κ2) is 9.35. The number of aromatic nitrogens is 1. The van der Waals surface area contributed by atoms with Crippen LogP contribution in [0.3, 0.4) is 0 Å². The highest BCUT2D eigenvalue weighted by molar-refractivity contribution is 9.10. The summed E-state index contributed by atoms with van der Waals surface area (Å²) in [5.41, 5.74) is 2.37. The van der Waals surface area contributed by atoms with Gasteiger partial charge in [-0.25, -0.2) is 0 Å². The molecule has 140 valence electrons. The molecule has 0 aliphatic carbocycles. The fraction of sp³-hybridized carbons (Fsp3) is 0.450. The van der Waals surface area contributed by atoms with E-state index in [-0.39, 0.29) is 0 Å². The van der Waals surface area contributed by atoms with Gasteiger partial charge in [-0.05, 0) is 49.3 Å². The Kier molecular flexibility index (Phi) is 6.88. The topological polar surface area (TPSA) is 37.8 Å². The minimum atomic E-state index is 0.750. The van der Waals surface area contributed by atoms with E-state index in [4.69, 9.17) is 9.47 Å². The van der Waals surface area contributed by atoms with E-state index in [0.29, 0.717) is 0 Å². The SMILES string of the molecule is COc1cc(Br)c(CN2CCCN(Cc3ccccn3)CC2)cc1OC. The first-order chi connectivity index (χ1) is 12.7. The average molecular weight is 420 g/mol.